The molecule has 19 heavy (non-hydrogen) atoms. The summed E-state index contributed by atoms with van der Waals surface area (Å²) in [6.45, 7) is 3.11. The molecule has 1 spiro atoms. The molecule has 4 nitrogen and oxygen atoms in total. The smallest absolute Gasteiger partial charge is 0.0710 e. The average Bonchev–Trinajstić information content (AvgIpc) is 2.83. The highest BCUT2D eigenvalue weighted by Gasteiger charge is 2.41. The Morgan fingerprint density at radius 3 is 2.58 bits per heavy atom. The molecule has 0 aromatic carbocycles. The summed E-state index contributed by atoms with van der Waals surface area (Å²) < 4.78 is 6.42. The quantitative estimate of drug-likeness (QED) is 0.617. The van der Waals surface area contributed by atoms with Gasteiger partial charge in [0.15, 0.2) is 0 Å². The number of oxime groups is 1. The first kappa shape index (κ1) is 13.4. The zero-order valence-corrected chi connectivity index (χ0v) is 11.8. The van der Waals surface area contributed by atoms with E-state index in [9.17, 15) is 0 Å². The van der Waals surface area contributed by atoms with Crippen molar-refractivity contribution in [1.29, 1.82) is 0 Å². The van der Waals surface area contributed by atoms with Gasteiger partial charge < -0.3 is 14.8 Å². The highest BCUT2D eigenvalue weighted by Crippen LogP contribution is 2.42. The number of hydrogen-bond acceptors (Lipinski definition) is 4. The molecule has 1 saturated carbocycles. The van der Waals surface area contributed by atoms with Gasteiger partial charge in [0.25, 0.3) is 0 Å². The highest BCUT2D eigenvalue weighted by atomic mass is 16.5. The molecule has 1 N–H and O–H groups in total. The van der Waals surface area contributed by atoms with Crippen molar-refractivity contribution in [3.05, 3.63) is 0 Å². The molecule has 2 heterocycles. The number of nitrogens with zero attached hydrogens (tertiary/aromatic N) is 2. The maximum Gasteiger partial charge on any atom is 0.0710 e. The fraction of sp³-hybridized carbons (Fsp3) is 0.933. The van der Waals surface area contributed by atoms with Crippen LogP contribution in [0.25, 0.3) is 0 Å². The summed E-state index contributed by atoms with van der Waals surface area (Å²) >= 11 is 0. The summed E-state index contributed by atoms with van der Waals surface area (Å²) in [4.78, 5) is 2.47. The lowest BCUT2D eigenvalue weighted by atomic mass is 9.83. The van der Waals surface area contributed by atoms with E-state index in [0.717, 1.165) is 38.2 Å². The molecule has 0 amide bonds. The van der Waals surface area contributed by atoms with Crippen LogP contribution >= 0.6 is 0 Å². The van der Waals surface area contributed by atoms with Gasteiger partial charge in [-0.1, -0.05) is 24.4 Å². The van der Waals surface area contributed by atoms with Crippen molar-refractivity contribution >= 4 is 5.71 Å². The molecular weight excluding hydrogens is 240 g/mol. The van der Waals surface area contributed by atoms with E-state index in [1.165, 1.54) is 44.9 Å². The molecule has 1 unspecified atom stereocenters. The van der Waals surface area contributed by atoms with E-state index < -0.39 is 0 Å². The third-order valence-corrected chi connectivity index (χ3v) is 5.14. The van der Waals surface area contributed by atoms with Crippen molar-refractivity contribution in [2.75, 3.05) is 19.6 Å². The van der Waals surface area contributed by atoms with Crippen molar-refractivity contribution in [3.63, 3.8) is 0 Å². The minimum atomic E-state index is 0.246. The summed E-state index contributed by atoms with van der Waals surface area (Å²) in [5, 5.41) is 12.1. The van der Waals surface area contributed by atoms with Gasteiger partial charge >= 0.3 is 0 Å². The molecule has 0 bridgehead atoms. The third-order valence-electron chi connectivity index (χ3n) is 5.14. The first-order chi connectivity index (χ1) is 9.30. The fourth-order valence-corrected chi connectivity index (χ4v) is 3.97. The number of rotatable bonds is 2. The molecule has 1 atom stereocenters. The summed E-state index contributed by atoms with van der Waals surface area (Å²) in [6.07, 6.45) is 11.4. The van der Waals surface area contributed by atoms with Crippen LogP contribution in [0, 0.1) is 0 Å². The average molecular weight is 266 g/mol. The van der Waals surface area contributed by atoms with Crippen LogP contribution in [0.1, 0.15) is 57.8 Å². The molecule has 2 aliphatic heterocycles. The van der Waals surface area contributed by atoms with Gasteiger partial charge in [0.2, 0.25) is 0 Å². The van der Waals surface area contributed by atoms with Gasteiger partial charge in [0, 0.05) is 32.5 Å². The van der Waals surface area contributed by atoms with E-state index in [1.807, 2.05) is 0 Å². The zero-order chi connectivity index (χ0) is 13.1. The van der Waals surface area contributed by atoms with Crippen LogP contribution < -0.4 is 0 Å². The molecule has 3 rings (SSSR count). The first-order valence-electron chi connectivity index (χ1n) is 7.90. The Hall–Kier alpha value is -0.610. The lowest BCUT2D eigenvalue weighted by Gasteiger charge is -2.35. The number of hydrogen-bond donors (Lipinski definition) is 1. The highest BCUT2D eigenvalue weighted by molar-refractivity contribution is 5.84. The van der Waals surface area contributed by atoms with E-state index in [1.54, 1.807) is 0 Å². The SMILES string of the molecule is ON=C1CCN(CC2CCC3(CCCCC3)O2)CC1. The molecule has 0 aromatic rings. The predicted molar refractivity (Wildman–Crippen MR) is 74.8 cm³/mol. The van der Waals surface area contributed by atoms with Crippen LogP contribution in [0.4, 0.5) is 0 Å². The molecule has 3 fully saturated rings. The van der Waals surface area contributed by atoms with Crippen molar-refractivity contribution in [2.45, 2.75) is 69.5 Å². The van der Waals surface area contributed by atoms with Crippen LogP contribution in [-0.2, 0) is 4.74 Å². The van der Waals surface area contributed by atoms with Crippen molar-refractivity contribution in [1.82, 2.24) is 4.90 Å². The normalized spacial score (nSPS) is 31.8. The Morgan fingerprint density at radius 2 is 1.89 bits per heavy atom. The molecule has 0 aromatic heterocycles. The molecule has 0 radical (unpaired) electrons. The molecule has 4 heteroatoms. The Labute approximate surface area is 115 Å². The number of ether oxygens (including phenoxy) is 1. The van der Waals surface area contributed by atoms with Crippen molar-refractivity contribution in [2.24, 2.45) is 5.16 Å². The van der Waals surface area contributed by atoms with Gasteiger partial charge in [-0.3, -0.25) is 0 Å². The van der Waals surface area contributed by atoms with E-state index in [4.69, 9.17) is 9.94 Å². The molecule has 108 valence electrons. The second-order valence-electron chi connectivity index (χ2n) is 6.49. The molecule has 1 aliphatic carbocycles. The Bertz CT molecular complexity index is 327. The third kappa shape index (κ3) is 3.11. The van der Waals surface area contributed by atoms with E-state index in [-0.39, 0.29) is 5.60 Å². The summed E-state index contributed by atoms with van der Waals surface area (Å²) in [7, 11) is 0. The van der Waals surface area contributed by atoms with Crippen LogP contribution in [0.3, 0.4) is 0 Å². The Balaban J connectivity index is 1.47. The predicted octanol–water partition coefficient (Wildman–Crippen LogP) is 2.79. The summed E-state index contributed by atoms with van der Waals surface area (Å²) in [5.74, 6) is 0. The lowest BCUT2D eigenvalue weighted by Crippen LogP contribution is -2.40. The standard InChI is InChI=1S/C15H26N2O2/c18-16-13-5-10-17(11-6-13)12-14-4-9-15(19-14)7-2-1-3-8-15/h14,18H,1-12H2. The topological polar surface area (TPSA) is 45.1 Å². The summed E-state index contributed by atoms with van der Waals surface area (Å²) in [6, 6.07) is 0. The monoisotopic (exact) mass is 266 g/mol. The van der Waals surface area contributed by atoms with Crippen LogP contribution in [0.2, 0.25) is 0 Å². The largest absolute Gasteiger partial charge is 0.411 e. The van der Waals surface area contributed by atoms with Gasteiger partial charge in [-0.2, -0.15) is 0 Å². The molecule has 2 saturated heterocycles. The molecule has 3 aliphatic rings. The van der Waals surface area contributed by atoms with Crippen LogP contribution in [0.15, 0.2) is 5.16 Å². The van der Waals surface area contributed by atoms with Gasteiger partial charge in [-0.25, -0.2) is 0 Å². The molecular formula is C15H26N2O2. The first-order valence-corrected chi connectivity index (χ1v) is 7.90. The Kier molecular flexibility index (Phi) is 4.08. The van der Waals surface area contributed by atoms with E-state index in [2.05, 4.69) is 10.1 Å². The second kappa shape index (κ2) is 5.80. The summed E-state index contributed by atoms with van der Waals surface area (Å²) in [5.41, 5.74) is 1.20. The van der Waals surface area contributed by atoms with Crippen LogP contribution in [0.5, 0.6) is 0 Å². The Morgan fingerprint density at radius 1 is 1.16 bits per heavy atom. The minimum absolute atomic E-state index is 0.246. The van der Waals surface area contributed by atoms with Gasteiger partial charge in [0.05, 0.1) is 17.4 Å². The maximum atomic E-state index is 8.77. The minimum Gasteiger partial charge on any atom is -0.411 e. The fourth-order valence-electron chi connectivity index (χ4n) is 3.97. The lowest BCUT2D eigenvalue weighted by molar-refractivity contribution is -0.0718. The van der Waals surface area contributed by atoms with Gasteiger partial charge in [0.1, 0.15) is 0 Å². The maximum absolute atomic E-state index is 8.77. The second-order valence-corrected chi connectivity index (χ2v) is 6.49. The van der Waals surface area contributed by atoms with Crippen molar-refractivity contribution in [3.8, 4) is 0 Å². The van der Waals surface area contributed by atoms with Crippen molar-refractivity contribution < 1.29 is 9.94 Å². The van der Waals surface area contributed by atoms with E-state index >= 15 is 0 Å². The number of piperidine rings is 1. The zero-order valence-electron chi connectivity index (χ0n) is 11.8. The number of likely N-dealkylation sites (tertiary alicyclic amines) is 1. The van der Waals surface area contributed by atoms with Gasteiger partial charge in [-0.15, -0.1) is 0 Å². The van der Waals surface area contributed by atoms with E-state index in [0.29, 0.717) is 6.10 Å². The van der Waals surface area contributed by atoms with Crippen LogP contribution in [-0.4, -0.2) is 47.2 Å². The van der Waals surface area contributed by atoms with Gasteiger partial charge in [-0.05, 0) is 25.7 Å².